The monoisotopic (exact) mass is 696 g/mol. The quantitative estimate of drug-likeness (QED) is 0.168. The molecule has 12 rings (SSSR count). The van der Waals surface area contributed by atoms with E-state index < -0.39 is 0 Å². The molecule has 1 heteroatoms. The summed E-state index contributed by atoms with van der Waals surface area (Å²) in [6.07, 6.45) is 0. The summed E-state index contributed by atoms with van der Waals surface area (Å²) in [5.41, 5.74) is 9.09. The van der Waals surface area contributed by atoms with Gasteiger partial charge in [-0.1, -0.05) is 146 Å². The summed E-state index contributed by atoms with van der Waals surface area (Å²) >= 11 is 0. The zero-order valence-electron chi connectivity index (χ0n) is 29.9. The van der Waals surface area contributed by atoms with Crippen molar-refractivity contribution in [3.05, 3.63) is 194 Å². The maximum Gasteiger partial charge on any atom is 0.135 e. The number of hydrogen-bond donors (Lipinski definition) is 0. The molecule has 0 spiro atoms. The first-order valence-corrected chi connectivity index (χ1v) is 19.0. The summed E-state index contributed by atoms with van der Waals surface area (Å²) in [4.78, 5) is 0. The molecule has 1 heterocycles. The molecule has 0 fully saturated rings. The van der Waals surface area contributed by atoms with Crippen LogP contribution in [0.1, 0.15) is 0 Å². The molecule has 0 radical (unpaired) electrons. The average Bonchev–Trinajstić information content (AvgIpc) is 3.62. The van der Waals surface area contributed by atoms with Crippen molar-refractivity contribution in [2.45, 2.75) is 0 Å². The van der Waals surface area contributed by atoms with Gasteiger partial charge in [-0.2, -0.15) is 0 Å². The van der Waals surface area contributed by atoms with Gasteiger partial charge < -0.3 is 4.42 Å². The Morgan fingerprint density at radius 1 is 0.236 bits per heavy atom. The summed E-state index contributed by atoms with van der Waals surface area (Å²) in [6, 6.07) is 71.2. The third kappa shape index (κ3) is 4.67. The van der Waals surface area contributed by atoms with Crippen molar-refractivity contribution in [3.8, 4) is 33.4 Å². The fourth-order valence-electron chi connectivity index (χ4n) is 9.13. The average molecular weight is 697 g/mol. The highest BCUT2D eigenvalue weighted by molar-refractivity contribution is 6.23. The predicted octanol–water partition coefficient (Wildman–Crippen LogP) is 15.5. The van der Waals surface area contributed by atoms with Crippen LogP contribution in [0.15, 0.2) is 199 Å². The normalized spacial score (nSPS) is 12.0. The van der Waals surface area contributed by atoms with Crippen molar-refractivity contribution >= 4 is 86.6 Å². The van der Waals surface area contributed by atoms with Crippen molar-refractivity contribution in [2.24, 2.45) is 0 Å². The molecule has 0 amide bonds. The van der Waals surface area contributed by atoms with Crippen LogP contribution in [-0.4, -0.2) is 0 Å². The molecule has 12 aromatic rings. The van der Waals surface area contributed by atoms with Crippen LogP contribution in [-0.2, 0) is 0 Å². The number of fused-ring (bicyclic) bond motifs is 12. The minimum Gasteiger partial charge on any atom is -0.456 e. The molecule has 254 valence electrons. The Labute approximate surface area is 317 Å². The van der Waals surface area contributed by atoms with Gasteiger partial charge in [0.1, 0.15) is 11.2 Å². The van der Waals surface area contributed by atoms with Crippen LogP contribution in [0.5, 0.6) is 0 Å². The van der Waals surface area contributed by atoms with Gasteiger partial charge in [0.05, 0.1) is 0 Å². The maximum atomic E-state index is 6.40. The SMILES string of the molecule is c1ccc2c(c1)cc(-c1ccc3oc4ccc(-c5ccc6cc(-c7cc8ccc9ccccc9c8c8ccccc78)ccc6c5)cc4c3c1)c1ccccc12. The first kappa shape index (κ1) is 30.3. The van der Waals surface area contributed by atoms with Gasteiger partial charge in [-0.3, -0.25) is 0 Å². The van der Waals surface area contributed by atoms with E-state index in [4.69, 9.17) is 4.42 Å². The summed E-state index contributed by atoms with van der Waals surface area (Å²) in [5, 5.41) is 17.5. The van der Waals surface area contributed by atoms with Crippen LogP contribution in [0, 0.1) is 0 Å². The molecule has 0 aliphatic carbocycles. The number of rotatable bonds is 3. The Kier molecular flexibility index (Phi) is 6.40. The lowest BCUT2D eigenvalue weighted by Crippen LogP contribution is -1.87. The molecule has 11 aromatic carbocycles. The van der Waals surface area contributed by atoms with E-state index in [0.29, 0.717) is 0 Å². The Morgan fingerprint density at radius 3 is 1.45 bits per heavy atom. The Bertz CT molecular complexity index is 3550. The van der Waals surface area contributed by atoms with Gasteiger partial charge in [0.25, 0.3) is 0 Å². The molecule has 0 unspecified atom stereocenters. The molecule has 1 aromatic heterocycles. The largest absolute Gasteiger partial charge is 0.456 e. The molecular formula is C54H32O. The van der Waals surface area contributed by atoms with Crippen molar-refractivity contribution in [1.29, 1.82) is 0 Å². The predicted molar refractivity (Wildman–Crippen MR) is 235 cm³/mol. The number of benzene rings is 11. The van der Waals surface area contributed by atoms with Crippen LogP contribution in [0.25, 0.3) is 120 Å². The minimum absolute atomic E-state index is 0.903. The second-order valence-corrected chi connectivity index (χ2v) is 14.8. The molecule has 0 saturated heterocycles. The lowest BCUT2D eigenvalue weighted by atomic mass is 9.90. The van der Waals surface area contributed by atoms with Gasteiger partial charge in [-0.05, 0) is 147 Å². The van der Waals surface area contributed by atoms with Gasteiger partial charge in [-0.25, -0.2) is 0 Å². The first-order valence-electron chi connectivity index (χ1n) is 19.0. The second-order valence-electron chi connectivity index (χ2n) is 14.8. The van der Waals surface area contributed by atoms with E-state index in [1.807, 2.05) is 0 Å². The summed E-state index contributed by atoms with van der Waals surface area (Å²) in [5.74, 6) is 0. The zero-order chi connectivity index (χ0) is 36.0. The van der Waals surface area contributed by atoms with Crippen molar-refractivity contribution < 1.29 is 4.42 Å². The summed E-state index contributed by atoms with van der Waals surface area (Å²) in [7, 11) is 0. The van der Waals surface area contributed by atoms with Crippen molar-refractivity contribution in [2.75, 3.05) is 0 Å². The molecule has 1 nitrogen and oxygen atoms in total. The van der Waals surface area contributed by atoms with Crippen molar-refractivity contribution in [1.82, 2.24) is 0 Å². The highest BCUT2D eigenvalue weighted by Gasteiger charge is 2.15. The minimum atomic E-state index is 0.903. The molecule has 0 saturated carbocycles. The van der Waals surface area contributed by atoms with Crippen LogP contribution >= 0.6 is 0 Å². The van der Waals surface area contributed by atoms with Crippen LogP contribution in [0.3, 0.4) is 0 Å². The van der Waals surface area contributed by atoms with Gasteiger partial charge in [-0.15, -0.1) is 0 Å². The second kappa shape index (κ2) is 11.6. The van der Waals surface area contributed by atoms with E-state index in [9.17, 15) is 0 Å². The third-order valence-corrected chi connectivity index (χ3v) is 11.8. The molecule has 0 aliphatic rings. The molecule has 55 heavy (non-hydrogen) atoms. The van der Waals surface area contributed by atoms with E-state index in [0.717, 1.165) is 21.9 Å². The van der Waals surface area contributed by atoms with E-state index in [-0.39, 0.29) is 0 Å². The summed E-state index contributed by atoms with van der Waals surface area (Å²) in [6.45, 7) is 0. The fraction of sp³-hybridized carbons (Fsp3) is 0. The lowest BCUT2D eigenvalue weighted by Gasteiger charge is -2.14. The number of hydrogen-bond acceptors (Lipinski definition) is 1. The van der Waals surface area contributed by atoms with E-state index in [1.165, 1.54) is 98.0 Å². The zero-order valence-corrected chi connectivity index (χ0v) is 29.9. The highest BCUT2D eigenvalue weighted by Crippen LogP contribution is 2.41. The topological polar surface area (TPSA) is 13.1 Å². The standard InChI is InChI=1S/C54H32O/c1-4-12-43-33(9-1)17-22-41-32-49(46-15-7-8-16-47(46)54(41)43)39-21-20-34-27-35(18-19-36(34)28-39)37-23-25-52-50(29-37)51-31-40(24-26-53(51)55-52)48-30-38-10-2-3-11-42(38)44-13-5-6-14-45(44)48/h1-32H. The van der Waals surface area contributed by atoms with Crippen molar-refractivity contribution in [3.63, 3.8) is 0 Å². The molecule has 0 atom stereocenters. The fourth-order valence-corrected chi connectivity index (χ4v) is 9.13. The van der Waals surface area contributed by atoms with Gasteiger partial charge in [0.2, 0.25) is 0 Å². The molecule has 0 N–H and O–H groups in total. The van der Waals surface area contributed by atoms with Crippen LogP contribution in [0.2, 0.25) is 0 Å². The maximum absolute atomic E-state index is 6.40. The van der Waals surface area contributed by atoms with Crippen LogP contribution < -0.4 is 0 Å². The van der Waals surface area contributed by atoms with Gasteiger partial charge in [0, 0.05) is 10.8 Å². The van der Waals surface area contributed by atoms with Crippen LogP contribution in [0.4, 0.5) is 0 Å². The molecule has 0 aliphatic heterocycles. The summed E-state index contributed by atoms with van der Waals surface area (Å²) < 4.78 is 6.40. The van der Waals surface area contributed by atoms with E-state index in [2.05, 4.69) is 194 Å². The lowest BCUT2D eigenvalue weighted by molar-refractivity contribution is 0.669. The van der Waals surface area contributed by atoms with Gasteiger partial charge >= 0.3 is 0 Å². The Hall–Kier alpha value is -7.22. The molecular weight excluding hydrogens is 665 g/mol. The number of furan rings is 1. The van der Waals surface area contributed by atoms with E-state index in [1.54, 1.807) is 0 Å². The molecule has 0 bridgehead atoms. The first-order chi connectivity index (χ1) is 27.2. The van der Waals surface area contributed by atoms with E-state index >= 15 is 0 Å². The Balaban J connectivity index is 0.955. The highest BCUT2D eigenvalue weighted by atomic mass is 16.3. The Morgan fingerprint density at radius 2 is 0.691 bits per heavy atom. The van der Waals surface area contributed by atoms with Gasteiger partial charge in [0.15, 0.2) is 0 Å². The smallest absolute Gasteiger partial charge is 0.135 e. The third-order valence-electron chi connectivity index (χ3n) is 11.8.